The lowest BCUT2D eigenvalue weighted by Crippen LogP contribution is -2.39. The van der Waals surface area contributed by atoms with Gasteiger partial charge in [0.05, 0.1) is 40.1 Å². The third kappa shape index (κ3) is 4.92. The molecule has 3 heterocycles. The first-order valence-electron chi connectivity index (χ1n) is 14.1. The van der Waals surface area contributed by atoms with Crippen molar-refractivity contribution in [2.24, 2.45) is 4.99 Å². The Balaban J connectivity index is 1.55. The number of para-hydroxylation sites is 1. The van der Waals surface area contributed by atoms with Crippen molar-refractivity contribution < 1.29 is 9.53 Å². The molecule has 0 saturated carbocycles. The van der Waals surface area contributed by atoms with Crippen LogP contribution in [0.4, 0.5) is 0 Å². The average molecular weight is 587 g/mol. The molecule has 1 aliphatic heterocycles. The zero-order valence-corrected chi connectivity index (χ0v) is 25.2. The van der Waals surface area contributed by atoms with E-state index < -0.39 is 12.0 Å². The van der Waals surface area contributed by atoms with E-state index in [2.05, 4.69) is 22.8 Å². The molecule has 0 saturated heterocycles. The van der Waals surface area contributed by atoms with Crippen LogP contribution in [0, 0.1) is 25.2 Å². The summed E-state index contributed by atoms with van der Waals surface area (Å²) in [6.45, 7) is 8.35. The van der Waals surface area contributed by atoms with E-state index in [0.29, 0.717) is 32.7 Å². The fourth-order valence-electron chi connectivity index (χ4n) is 5.77. The smallest absolute Gasteiger partial charge is 0.338 e. The summed E-state index contributed by atoms with van der Waals surface area (Å²) in [7, 11) is 0. The Kier molecular flexibility index (Phi) is 7.43. The van der Waals surface area contributed by atoms with Gasteiger partial charge in [-0.15, -0.1) is 0 Å². The molecule has 5 aromatic rings. The molecule has 1 aliphatic rings. The summed E-state index contributed by atoms with van der Waals surface area (Å²) in [6, 6.07) is 25.2. The number of nitrogens with zero attached hydrogens (tertiary/aromatic N) is 4. The van der Waals surface area contributed by atoms with Crippen LogP contribution in [0.5, 0.6) is 0 Å². The normalized spacial score (nSPS) is 14.9. The minimum Gasteiger partial charge on any atom is -0.463 e. The number of carbonyl (C=O) groups is 1. The van der Waals surface area contributed by atoms with Crippen LogP contribution in [-0.2, 0) is 16.1 Å². The van der Waals surface area contributed by atoms with Crippen LogP contribution in [0.15, 0.2) is 93.9 Å². The second kappa shape index (κ2) is 11.3. The predicted molar refractivity (Wildman–Crippen MR) is 169 cm³/mol. The summed E-state index contributed by atoms with van der Waals surface area (Å²) in [5.74, 6) is -0.472. The Morgan fingerprint density at radius 1 is 1.05 bits per heavy atom. The number of benzene rings is 3. The number of hydrogen-bond acceptors (Lipinski definition) is 6. The summed E-state index contributed by atoms with van der Waals surface area (Å²) in [5.41, 5.74) is 7.10. The standard InChI is InChI=1S/C35H30N4O3S/c1-5-42-34(41)31-22(3)37-35-39(32(31)24-16-14-21(2)15-17-24)33(40)30(43-35)18-28-23(4)38(29-13-9-8-12-27(28)29)20-26-11-7-6-10-25(26)19-36/h6-18,32H,5,20H2,1-4H3/b30-18-/t32-/m1/s1. The molecule has 0 spiro atoms. The van der Waals surface area contributed by atoms with Gasteiger partial charge < -0.3 is 9.30 Å². The molecule has 8 heteroatoms. The third-order valence-electron chi connectivity index (χ3n) is 7.93. The van der Waals surface area contributed by atoms with Gasteiger partial charge in [-0.1, -0.05) is 77.6 Å². The first kappa shape index (κ1) is 28.1. The number of carbonyl (C=O) groups excluding carboxylic acids is 1. The molecule has 1 atom stereocenters. The molecule has 0 fully saturated rings. The quantitative estimate of drug-likeness (QED) is 0.253. The topological polar surface area (TPSA) is 89.4 Å². The van der Waals surface area contributed by atoms with Gasteiger partial charge in [0, 0.05) is 28.7 Å². The lowest BCUT2D eigenvalue weighted by atomic mass is 9.95. The van der Waals surface area contributed by atoms with E-state index in [-0.39, 0.29) is 12.2 Å². The van der Waals surface area contributed by atoms with Crippen LogP contribution in [0.2, 0.25) is 0 Å². The number of aryl methyl sites for hydroxylation is 1. The molecule has 2 aromatic heterocycles. The highest BCUT2D eigenvalue weighted by Crippen LogP contribution is 2.31. The van der Waals surface area contributed by atoms with Crippen molar-refractivity contribution in [3.05, 3.63) is 137 Å². The molecule has 0 amide bonds. The van der Waals surface area contributed by atoms with E-state index in [1.165, 1.54) is 11.3 Å². The molecule has 0 radical (unpaired) electrons. The number of fused-ring (bicyclic) bond motifs is 2. The summed E-state index contributed by atoms with van der Waals surface area (Å²) < 4.78 is 9.75. The molecule has 214 valence electrons. The maximum Gasteiger partial charge on any atom is 0.338 e. The van der Waals surface area contributed by atoms with E-state index in [1.807, 2.05) is 80.6 Å². The number of rotatable bonds is 6. The molecule has 7 nitrogen and oxygen atoms in total. The van der Waals surface area contributed by atoms with Crippen LogP contribution in [0.1, 0.15) is 53.4 Å². The van der Waals surface area contributed by atoms with Gasteiger partial charge in [0.25, 0.3) is 5.56 Å². The Bertz CT molecular complexity index is 2160. The van der Waals surface area contributed by atoms with Gasteiger partial charge in [0.15, 0.2) is 4.80 Å². The Labute approximate surface area is 252 Å². The predicted octanol–water partition coefficient (Wildman–Crippen LogP) is 5.29. The number of aromatic nitrogens is 2. The van der Waals surface area contributed by atoms with E-state index in [1.54, 1.807) is 18.4 Å². The molecule has 0 aliphatic carbocycles. The molecule has 0 bridgehead atoms. The second-order valence-corrected chi connectivity index (χ2v) is 11.6. The van der Waals surface area contributed by atoms with Gasteiger partial charge >= 0.3 is 5.97 Å². The first-order valence-corrected chi connectivity index (χ1v) is 15.0. The zero-order valence-electron chi connectivity index (χ0n) is 24.4. The lowest BCUT2D eigenvalue weighted by molar-refractivity contribution is -0.139. The molecule has 43 heavy (non-hydrogen) atoms. The van der Waals surface area contributed by atoms with Gasteiger partial charge in [-0.25, -0.2) is 9.79 Å². The highest BCUT2D eigenvalue weighted by molar-refractivity contribution is 7.07. The van der Waals surface area contributed by atoms with Crippen LogP contribution in [0.3, 0.4) is 0 Å². The Morgan fingerprint density at radius 3 is 2.51 bits per heavy atom. The maximum atomic E-state index is 14.2. The summed E-state index contributed by atoms with van der Waals surface area (Å²) >= 11 is 1.32. The van der Waals surface area contributed by atoms with Crippen LogP contribution in [-0.4, -0.2) is 21.7 Å². The minimum atomic E-state index is -0.650. The van der Waals surface area contributed by atoms with E-state index >= 15 is 0 Å². The van der Waals surface area contributed by atoms with E-state index in [9.17, 15) is 14.9 Å². The number of thiazole rings is 1. The third-order valence-corrected chi connectivity index (χ3v) is 8.91. The Morgan fingerprint density at radius 2 is 1.77 bits per heavy atom. The minimum absolute atomic E-state index is 0.213. The fraction of sp³-hybridized carbons (Fsp3) is 0.200. The number of esters is 1. The first-order chi connectivity index (χ1) is 20.8. The van der Waals surface area contributed by atoms with Crippen molar-refractivity contribution in [1.82, 2.24) is 9.13 Å². The van der Waals surface area contributed by atoms with Crippen molar-refractivity contribution in [2.45, 2.75) is 40.3 Å². The maximum absolute atomic E-state index is 14.2. The molecule has 0 unspecified atom stereocenters. The number of hydrogen-bond donors (Lipinski definition) is 0. The largest absolute Gasteiger partial charge is 0.463 e. The molecule has 3 aromatic carbocycles. The van der Waals surface area contributed by atoms with Crippen LogP contribution in [0.25, 0.3) is 17.0 Å². The van der Waals surface area contributed by atoms with Crippen LogP contribution < -0.4 is 14.9 Å². The van der Waals surface area contributed by atoms with Crippen molar-refractivity contribution in [2.75, 3.05) is 6.61 Å². The number of ether oxygens (including phenoxy) is 1. The van der Waals surface area contributed by atoms with Gasteiger partial charge in [-0.3, -0.25) is 9.36 Å². The van der Waals surface area contributed by atoms with E-state index in [4.69, 9.17) is 9.73 Å². The SMILES string of the molecule is CCOC(=O)C1=C(C)N=c2s/c(=C\c3c(C)n(Cc4ccccc4C#N)c4ccccc34)c(=O)n2[C@@H]1c1ccc(C)cc1. The summed E-state index contributed by atoms with van der Waals surface area (Å²) in [4.78, 5) is 32.6. The monoisotopic (exact) mass is 586 g/mol. The molecular weight excluding hydrogens is 556 g/mol. The fourth-order valence-corrected chi connectivity index (χ4v) is 6.80. The van der Waals surface area contributed by atoms with Gasteiger partial charge in [-0.2, -0.15) is 5.26 Å². The second-order valence-electron chi connectivity index (χ2n) is 10.6. The van der Waals surface area contributed by atoms with E-state index in [0.717, 1.165) is 38.9 Å². The Hall–Kier alpha value is -5.00. The van der Waals surface area contributed by atoms with Crippen LogP contribution >= 0.6 is 11.3 Å². The highest BCUT2D eigenvalue weighted by atomic mass is 32.1. The van der Waals surface area contributed by atoms with Gasteiger partial charge in [0.2, 0.25) is 0 Å². The van der Waals surface area contributed by atoms with Gasteiger partial charge in [0.1, 0.15) is 0 Å². The summed E-state index contributed by atoms with van der Waals surface area (Å²) in [5, 5.41) is 10.7. The number of nitriles is 1. The lowest BCUT2D eigenvalue weighted by Gasteiger charge is -2.24. The molecular formula is C35H30N4O3S. The molecule has 0 N–H and O–H groups in total. The van der Waals surface area contributed by atoms with Crippen molar-refractivity contribution in [3.63, 3.8) is 0 Å². The zero-order chi connectivity index (χ0) is 30.2. The van der Waals surface area contributed by atoms with Crippen molar-refractivity contribution >= 4 is 34.3 Å². The average Bonchev–Trinajstić information content (AvgIpc) is 3.45. The highest BCUT2D eigenvalue weighted by Gasteiger charge is 2.33. The number of allylic oxidation sites excluding steroid dienone is 1. The van der Waals surface area contributed by atoms with Gasteiger partial charge in [-0.05, 0) is 57.0 Å². The van der Waals surface area contributed by atoms with Crippen molar-refractivity contribution in [1.29, 1.82) is 5.26 Å². The summed E-state index contributed by atoms with van der Waals surface area (Å²) in [6.07, 6.45) is 1.93. The van der Waals surface area contributed by atoms with Crippen molar-refractivity contribution in [3.8, 4) is 6.07 Å². The molecule has 6 rings (SSSR count).